The molecule has 0 radical (unpaired) electrons. The first-order chi connectivity index (χ1) is 7.06. The number of likely N-dealkylation sites (N-methyl/N-ethyl adjacent to an activating group) is 1. The maximum Gasteiger partial charge on any atom is 0.0236 e. The standard InChI is InChI=1S/C13H22N2/c1-10-6-5-7-13(12(10)3)9-15(4)11(2)8-14/h5-7,11H,8-9,14H2,1-4H3. The van der Waals surface area contributed by atoms with Crippen molar-refractivity contribution >= 4 is 0 Å². The molecule has 1 aromatic carbocycles. The Morgan fingerprint density at radius 2 is 2.00 bits per heavy atom. The van der Waals surface area contributed by atoms with Gasteiger partial charge in [-0.15, -0.1) is 0 Å². The molecule has 0 aromatic heterocycles. The van der Waals surface area contributed by atoms with Crippen LogP contribution in [0.25, 0.3) is 0 Å². The number of hydrogen-bond acceptors (Lipinski definition) is 2. The molecule has 1 rings (SSSR count). The molecule has 0 saturated heterocycles. The molecule has 0 aliphatic carbocycles. The molecular weight excluding hydrogens is 184 g/mol. The molecule has 0 spiro atoms. The van der Waals surface area contributed by atoms with Gasteiger partial charge in [0.25, 0.3) is 0 Å². The highest BCUT2D eigenvalue weighted by Crippen LogP contribution is 2.15. The van der Waals surface area contributed by atoms with Gasteiger partial charge in [-0.1, -0.05) is 18.2 Å². The first-order valence-corrected chi connectivity index (χ1v) is 5.51. The third kappa shape index (κ3) is 3.05. The van der Waals surface area contributed by atoms with Crippen LogP contribution in [0.2, 0.25) is 0 Å². The maximum absolute atomic E-state index is 5.65. The van der Waals surface area contributed by atoms with Crippen molar-refractivity contribution in [2.24, 2.45) is 5.73 Å². The molecule has 1 atom stereocenters. The van der Waals surface area contributed by atoms with Crippen LogP contribution in [0.1, 0.15) is 23.6 Å². The summed E-state index contributed by atoms with van der Waals surface area (Å²) >= 11 is 0. The van der Waals surface area contributed by atoms with Gasteiger partial charge in [-0.05, 0) is 44.5 Å². The average Bonchev–Trinajstić information content (AvgIpc) is 2.23. The summed E-state index contributed by atoms with van der Waals surface area (Å²) in [7, 11) is 2.12. The van der Waals surface area contributed by atoms with E-state index in [2.05, 4.69) is 50.9 Å². The van der Waals surface area contributed by atoms with Crippen molar-refractivity contribution in [3.8, 4) is 0 Å². The molecule has 2 N–H and O–H groups in total. The molecule has 0 amide bonds. The van der Waals surface area contributed by atoms with E-state index in [0.717, 1.165) is 6.54 Å². The van der Waals surface area contributed by atoms with E-state index < -0.39 is 0 Å². The van der Waals surface area contributed by atoms with Crippen molar-refractivity contribution in [1.82, 2.24) is 4.90 Å². The molecule has 0 fully saturated rings. The molecule has 0 saturated carbocycles. The highest BCUT2D eigenvalue weighted by molar-refractivity contribution is 5.32. The lowest BCUT2D eigenvalue weighted by Crippen LogP contribution is -2.34. The van der Waals surface area contributed by atoms with E-state index in [1.807, 2.05) is 0 Å². The minimum atomic E-state index is 0.435. The quantitative estimate of drug-likeness (QED) is 0.817. The number of hydrogen-bond donors (Lipinski definition) is 1. The van der Waals surface area contributed by atoms with Crippen LogP contribution in [-0.2, 0) is 6.54 Å². The monoisotopic (exact) mass is 206 g/mol. The zero-order chi connectivity index (χ0) is 11.4. The van der Waals surface area contributed by atoms with Gasteiger partial charge in [-0.3, -0.25) is 4.90 Å². The van der Waals surface area contributed by atoms with E-state index in [0.29, 0.717) is 12.6 Å². The number of benzene rings is 1. The number of aryl methyl sites for hydroxylation is 1. The predicted molar refractivity (Wildman–Crippen MR) is 65.9 cm³/mol. The molecule has 2 nitrogen and oxygen atoms in total. The van der Waals surface area contributed by atoms with E-state index in [1.54, 1.807) is 0 Å². The van der Waals surface area contributed by atoms with Gasteiger partial charge in [0.1, 0.15) is 0 Å². The van der Waals surface area contributed by atoms with Crippen molar-refractivity contribution < 1.29 is 0 Å². The smallest absolute Gasteiger partial charge is 0.0236 e. The zero-order valence-electron chi connectivity index (χ0n) is 10.2. The van der Waals surface area contributed by atoms with Gasteiger partial charge in [-0.2, -0.15) is 0 Å². The molecule has 1 unspecified atom stereocenters. The summed E-state index contributed by atoms with van der Waals surface area (Å²) in [6.07, 6.45) is 0. The van der Waals surface area contributed by atoms with E-state index in [-0.39, 0.29) is 0 Å². The van der Waals surface area contributed by atoms with E-state index in [1.165, 1.54) is 16.7 Å². The summed E-state index contributed by atoms with van der Waals surface area (Å²) in [6, 6.07) is 6.91. The van der Waals surface area contributed by atoms with Gasteiger partial charge in [-0.25, -0.2) is 0 Å². The first kappa shape index (κ1) is 12.2. The summed E-state index contributed by atoms with van der Waals surface area (Å²) in [5.41, 5.74) is 9.81. The van der Waals surface area contributed by atoms with Crippen LogP contribution in [0.15, 0.2) is 18.2 Å². The van der Waals surface area contributed by atoms with Gasteiger partial charge in [0, 0.05) is 19.1 Å². The van der Waals surface area contributed by atoms with Crippen LogP contribution >= 0.6 is 0 Å². The Labute approximate surface area is 93.1 Å². The lowest BCUT2D eigenvalue weighted by atomic mass is 10.0. The van der Waals surface area contributed by atoms with E-state index in [4.69, 9.17) is 5.73 Å². The van der Waals surface area contributed by atoms with Crippen molar-refractivity contribution in [3.05, 3.63) is 34.9 Å². The third-order valence-electron chi connectivity index (χ3n) is 3.23. The number of rotatable bonds is 4. The summed E-state index contributed by atoms with van der Waals surface area (Å²) in [4.78, 5) is 2.29. The van der Waals surface area contributed by atoms with Crippen molar-refractivity contribution in [3.63, 3.8) is 0 Å². The van der Waals surface area contributed by atoms with Gasteiger partial charge < -0.3 is 5.73 Å². The van der Waals surface area contributed by atoms with Gasteiger partial charge in [0.05, 0.1) is 0 Å². The predicted octanol–water partition coefficient (Wildman–Crippen LogP) is 2.08. The van der Waals surface area contributed by atoms with Gasteiger partial charge in [0.2, 0.25) is 0 Å². The molecule has 0 bridgehead atoms. The Bertz CT molecular complexity index is 320. The van der Waals surface area contributed by atoms with Crippen molar-refractivity contribution in [2.75, 3.05) is 13.6 Å². The molecule has 15 heavy (non-hydrogen) atoms. The van der Waals surface area contributed by atoms with Crippen LogP contribution in [0.4, 0.5) is 0 Å². The highest BCUT2D eigenvalue weighted by atomic mass is 15.1. The summed E-state index contributed by atoms with van der Waals surface area (Å²) in [5, 5.41) is 0. The Hall–Kier alpha value is -0.860. The van der Waals surface area contributed by atoms with Crippen LogP contribution in [0.3, 0.4) is 0 Å². The Kier molecular flexibility index (Phi) is 4.30. The van der Waals surface area contributed by atoms with Gasteiger partial charge in [0.15, 0.2) is 0 Å². The number of nitrogens with zero attached hydrogens (tertiary/aromatic N) is 1. The van der Waals surface area contributed by atoms with E-state index in [9.17, 15) is 0 Å². The fourth-order valence-corrected chi connectivity index (χ4v) is 1.59. The minimum Gasteiger partial charge on any atom is -0.329 e. The van der Waals surface area contributed by atoms with Crippen molar-refractivity contribution in [1.29, 1.82) is 0 Å². The SMILES string of the molecule is Cc1cccc(CN(C)C(C)CN)c1C. The fourth-order valence-electron chi connectivity index (χ4n) is 1.59. The lowest BCUT2D eigenvalue weighted by molar-refractivity contribution is 0.254. The summed E-state index contributed by atoms with van der Waals surface area (Å²) in [6.45, 7) is 8.19. The third-order valence-corrected chi connectivity index (χ3v) is 3.23. The average molecular weight is 206 g/mol. The normalized spacial score (nSPS) is 13.2. The first-order valence-electron chi connectivity index (χ1n) is 5.51. The Morgan fingerprint density at radius 3 is 2.60 bits per heavy atom. The van der Waals surface area contributed by atoms with Crippen LogP contribution < -0.4 is 5.73 Å². The Morgan fingerprint density at radius 1 is 1.33 bits per heavy atom. The van der Waals surface area contributed by atoms with Crippen LogP contribution in [0, 0.1) is 13.8 Å². The Balaban J connectivity index is 2.76. The molecule has 2 heteroatoms. The second-order valence-electron chi connectivity index (χ2n) is 4.36. The molecular formula is C13H22N2. The zero-order valence-corrected chi connectivity index (χ0v) is 10.2. The molecule has 1 aromatic rings. The summed E-state index contributed by atoms with van der Waals surface area (Å²) < 4.78 is 0. The largest absolute Gasteiger partial charge is 0.329 e. The fraction of sp³-hybridized carbons (Fsp3) is 0.538. The second-order valence-corrected chi connectivity index (χ2v) is 4.36. The second kappa shape index (κ2) is 5.29. The van der Waals surface area contributed by atoms with Crippen molar-refractivity contribution in [2.45, 2.75) is 33.4 Å². The van der Waals surface area contributed by atoms with Gasteiger partial charge >= 0.3 is 0 Å². The highest BCUT2D eigenvalue weighted by Gasteiger charge is 2.09. The molecule has 84 valence electrons. The van der Waals surface area contributed by atoms with E-state index >= 15 is 0 Å². The van der Waals surface area contributed by atoms with Crippen LogP contribution in [-0.4, -0.2) is 24.5 Å². The maximum atomic E-state index is 5.65. The topological polar surface area (TPSA) is 29.3 Å². The molecule has 0 aliphatic rings. The summed E-state index contributed by atoms with van der Waals surface area (Å²) in [5.74, 6) is 0. The lowest BCUT2D eigenvalue weighted by Gasteiger charge is -2.24. The molecule has 0 heterocycles. The van der Waals surface area contributed by atoms with Crippen LogP contribution in [0.5, 0.6) is 0 Å². The number of nitrogens with two attached hydrogens (primary N) is 1. The minimum absolute atomic E-state index is 0.435. The molecule has 0 aliphatic heterocycles.